The molecule has 0 saturated heterocycles. The van der Waals surface area contributed by atoms with Crippen molar-refractivity contribution in [2.75, 3.05) is 0 Å². The lowest BCUT2D eigenvalue weighted by Gasteiger charge is -2.07. The van der Waals surface area contributed by atoms with Crippen molar-refractivity contribution in [1.29, 1.82) is 5.26 Å². The van der Waals surface area contributed by atoms with Gasteiger partial charge in [-0.25, -0.2) is 9.97 Å². The van der Waals surface area contributed by atoms with E-state index in [9.17, 15) is 0 Å². The van der Waals surface area contributed by atoms with Crippen LogP contribution in [0.1, 0.15) is 19.4 Å². The molecule has 0 spiro atoms. The van der Waals surface area contributed by atoms with Crippen LogP contribution in [0.25, 0.3) is 11.2 Å². The van der Waals surface area contributed by atoms with Gasteiger partial charge in [0.05, 0.1) is 18.4 Å². The lowest BCUT2D eigenvalue weighted by Crippen LogP contribution is -2.07. The van der Waals surface area contributed by atoms with E-state index in [1.54, 1.807) is 12.3 Å². The molecule has 92 valence electrons. The zero-order valence-corrected chi connectivity index (χ0v) is 10.3. The maximum atomic E-state index is 8.46. The fraction of sp³-hybridized carbons (Fsp3) is 0.308. The molecule has 0 bridgehead atoms. The Hall–Kier alpha value is -2.35. The van der Waals surface area contributed by atoms with Gasteiger partial charge in [0.15, 0.2) is 5.65 Å². The van der Waals surface area contributed by atoms with E-state index in [-0.39, 0.29) is 6.10 Å². The number of nitrogens with one attached hydrogen (secondary N) is 1. The molecule has 2 heterocycles. The average Bonchev–Trinajstić information content (AvgIpc) is 2.72. The lowest BCUT2D eigenvalue weighted by molar-refractivity contribution is 0.232. The molecule has 18 heavy (non-hydrogen) atoms. The summed E-state index contributed by atoms with van der Waals surface area (Å²) < 4.78 is 5.51. The maximum Gasteiger partial charge on any atom is 0.233 e. The molecule has 0 unspecified atom stereocenters. The van der Waals surface area contributed by atoms with Crippen molar-refractivity contribution in [2.45, 2.75) is 26.4 Å². The molecule has 0 fully saturated rings. The van der Waals surface area contributed by atoms with Crippen LogP contribution in [0, 0.1) is 11.3 Å². The topological polar surface area (TPSA) is 74.6 Å². The van der Waals surface area contributed by atoms with Crippen LogP contribution in [-0.2, 0) is 6.42 Å². The highest BCUT2D eigenvalue weighted by molar-refractivity contribution is 5.75. The Morgan fingerprint density at radius 1 is 1.56 bits per heavy atom. The first-order chi connectivity index (χ1) is 8.70. The Kier molecular flexibility index (Phi) is 3.58. The van der Waals surface area contributed by atoms with E-state index < -0.39 is 0 Å². The number of nitrogens with zero attached hydrogens (tertiary/aromatic N) is 3. The van der Waals surface area contributed by atoms with Gasteiger partial charge >= 0.3 is 0 Å². The molecule has 0 saturated carbocycles. The Balaban J connectivity index is 2.31. The van der Waals surface area contributed by atoms with Gasteiger partial charge in [0.1, 0.15) is 5.52 Å². The highest BCUT2D eigenvalue weighted by Crippen LogP contribution is 2.18. The number of H-pyrrole nitrogens is 1. The number of hydrogen-bond donors (Lipinski definition) is 1. The van der Waals surface area contributed by atoms with Gasteiger partial charge in [-0.1, -0.05) is 6.08 Å². The van der Waals surface area contributed by atoms with E-state index in [4.69, 9.17) is 10.00 Å². The summed E-state index contributed by atoms with van der Waals surface area (Å²) in [6.07, 6.45) is 7.42. The Morgan fingerprint density at radius 2 is 2.39 bits per heavy atom. The highest BCUT2D eigenvalue weighted by Gasteiger charge is 2.08. The zero-order valence-electron chi connectivity index (χ0n) is 10.3. The molecule has 0 aliphatic carbocycles. The van der Waals surface area contributed by atoms with Crippen LogP contribution >= 0.6 is 0 Å². The summed E-state index contributed by atoms with van der Waals surface area (Å²) in [6, 6.07) is 1.96. The Bertz CT molecular complexity index is 607. The summed E-state index contributed by atoms with van der Waals surface area (Å²) in [5.41, 5.74) is 2.51. The van der Waals surface area contributed by atoms with Crippen LogP contribution < -0.4 is 4.74 Å². The minimum absolute atomic E-state index is 0.0672. The molecule has 2 aromatic heterocycles. The first kappa shape index (κ1) is 12.1. The SMILES string of the molecule is CC(C)Oc1cnc2[nH]cc(CC=CC#N)c2n1. The number of aromatic amines is 1. The summed E-state index contributed by atoms with van der Waals surface area (Å²) in [4.78, 5) is 11.7. The molecular weight excluding hydrogens is 228 g/mol. The summed E-state index contributed by atoms with van der Waals surface area (Å²) in [5.74, 6) is 0.516. The van der Waals surface area contributed by atoms with Crippen LogP contribution in [-0.4, -0.2) is 21.1 Å². The van der Waals surface area contributed by atoms with Gasteiger partial charge in [-0.05, 0) is 20.3 Å². The second-order valence-corrected chi connectivity index (χ2v) is 4.12. The van der Waals surface area contributed by atoms with E-state index in [2.05, 4.69) is 15.0 Å². The number of aromatic nitrogens is 3. The number of hydrogen-bond acceptors (Lipinski definition) is 4. The Labute approximate surface area is 105 Å². The summed E-state index contributed by atoms with van der Waals surface area (Å²) in [5, 5.41) is 8.46. The number of ether oxygens (including phenoxy) is 1. The largest absolute Gasteiger partial charge is 0.474 e. The fourth-order valence-corrected chi connectivity index (χ4v) is 1.62. The summed E-state index contributed by atoms with van der Waals surface area (Å²) in [7, 11) is 0. The van der Waals surface area contributed by atoms with E-state index in [0.29, 0.717) is 12.3 Å². The van der Waals surface area contributed by atoms with E-state index in [1.807, 2.05) is 26.1 Å². The van der Waals surface area contributed by atoms with Gasteiger partial charge in [0.25, 0.3) is 0 Å². The number of fused-ring (bicyclic) bond motifs is 1. The molecule has 2 aromatic rings. The van der Waals surface area contributed by atoms with Crippen LogP contribution in [0.4, 0.5) is 0 Å². The summed E-state index contributed by atoms with van der Waals surface area (Å²) in [6.45, 7) is 3.89. The molecule has 1 N–H and O–H groups in total. The van der Waals surface area contributed by atoms with Gasteiger partial charge in [0, 0.05) is 17.8 Å². The predicted octanol–water partition coefficient (Wildman–Crippen LogP) is 2.37. The number of rotatable bonds is 4. The van der Waals surface area contributed by atoms with Crippen molar-refractivity contribution in [2.24, 2.45) is 0 Å². The van der Waals surface area contributed by atoms with E-state index in [0.717, 1.165) is 16.7 Å². The minimum atomic E-state index is 0.0672. The third kappa shape index (κ3) is 2.66. The second kappa shape index (κ2) is 5.32. The highest BCUT2D eigenvalue weighted by atomic mass is 16.5. The smallest absolute Gasteiger partial charge is 0.233 e. The molecule has 0 atom stereocenters. The van der Waals surface area contributed by atoms with Gasteiger partial charge in [0.2, 0.25) is 5.88 Å². The van der Waals surface area contributed by atoms with Crippen LogP contribution in [0.3, 0.4) is 0 Å². The molecule has 2 rings (SSSR count). The van der Waals surface area contributed by atoms with Gasteiger partial charge in [-0.3, -0.25) is 0 Å². The third-order valence-electron chi connectivity index (χ3n) is 2.32. The standard InChI is InChI=1S/C13H14N4O/c1-9(2)18-11-8-16-13-12(17-11)10(7-15-13)5-3-4-6-14/h3-4,7-9H,5H2,1-2H3,(H,15,16). The van der Waals surface area contributed by atoms with Crippen LogP contribution in [0.5, 0.6) is 5.88 Å². The molecule has 5 nitrogen and oxygen atoms in total. The average molecular weight is 242 g/mol. The van der Waals surface area contributed by atoms with Crippen molar-refractivity contribution in [3.63, 3.8) is 0 Å². The first-order valence-electron chi connectivity index (χ1n) is 5.75. The first-order valence-corrected chi connectivity index (χ1v) is 5.75. The van der Waals surface area contributed by atoms with Gasteiger partial charge in [-0.15, -0.1) is 0 Å². The quantitative estimate of drug-likeness (QED) is 0.835. The molecule has 0 radical (unpaired) electrons. The number of allylic oxidation sites excluding steroid dienone is 2. The van der Waals surface area contributed by atoms with Crippen LogP contribution in [0.2, 0.25) is 0 Å². The molecular formula is C13H14N4O. The molecule has 5 heteroatoms. The molecule has 0 aliphatic heterocycles. The lowest BCUT2D eigenvalue weighted by atomic mass is 10.2. The van der Waals surface area contributed by atoms with Gasteiger partial charge in [-0.2, -0.15) is 5.26 Å². The van der Waals surface area contributed by atoms with E-state index >= 15 is 0 Å². The normalized spacial score (nSPS) is 11.2. The maximum absolute atomic E-state index is 8.46. The summed E-state index contributed by atoms with van der Waals surface area (Å²) >= 11 is 0. The number of nitriles is 1. The second-order valence-electron chi connectivity index (χ2n) is 4.12. The van der Waals surface area contributed by atoms with Crippen molar-refractivity contribution in [1.82, 2.24) is 15.0 Å². The fourth-order valence-electron chi connectivity index (χ4n) is 1.62. The van der Waals surface area contributed by atoms with Crippen LogP contribution in [0.15, 0.2) is 24.5 Å². The zero-order chi connectivity index (χ0) is 13.0. The van der Waals surface area contributed by atoms with Crippen molar-refractivity contribution in [3.05, 3.63) is 30.1 Å². The Morgan fingerprint density at radius 3 is 3.11 bits per heavy atom. The van der Waals surface area contributed by atoms with Crippen molar-refractivity contribution >= 4 is 11.2 Å². The van der Waals surface area contributed by atoms with Gasteiger partial charge < -0.3 is 9.72 Å². The molecule has 0 aliphatic rings. The monoisotopic (exact) mass is 242 g/mol. The van der Waals surface area contributed by atoms with Crippen molar-refractivity contribution in [3.8, 4) is 11.9 Å². The third-order valence-corrected chi connectivity index (χ3v) is 2.32. The van der Waals surface area contributed by atoms with E-state index in [1.165, 1.54) is 6.08 Å². The minimum Gasteiger partial charge on any atom is -0.474 e. The molecule has 0 amide bonds. The van der Waals surface area contributed by atoms with Crippen molar-refractivity contribution < 1.29 is 4.74 Å². The molecule has 0 aromatic carbocycles. The predicted molar refractivity (Wildman–Crippen MR) is 68.1 cm³/mol.